The Balaban J connectivity index is 0.00000320. The maximum atomic E-state index is 9.81. The number of aliphatic hydroxyl groups excluding tert-OH is 1. The van der Waals surface area contributed by atoms with Crippen molar-refractivity contribution in [2.24, 2.45) is 4.99 Å². The van der Waals surface area contributed by atoms with Gasteiger partial charge in [-0.15, -0.1) is 24.0 Å². The van der Waals surface area contributed by atoms with Crippen LogP contribution in [0.3, 0.4) is 0 Å². The number of furan rings is 1. The number of hydrogen-bond donors (Lipinski definition) is 3. The van der Waals surface area contributed by atoms with E-state index in [4.69, 9.17) is 9.41 Å². The fourth-order valence-electron chi connectivity index (χ4n) is 3.83. The Kier molecular flexibility index (Phi) is 10.7. The van der Waals surface area contributed by atoms with Crippen LogP contribution in [0.25, 0.3) is 0 Å². The number of nitrogens with one attached hydrogen (secondary N) is 2. The number of aryl methyl sites for hydroxylation is 1. The van der Waals surface area contributed by atoms with Crippen LogP contribution in [-0.4, -0.2) is 55.3 Å². The van der Waals surface area contributed by atoms with Gasteiger partial charge in [-0.05, 0) is 57.5 Å². The van der Waals surface area contributed by atoms with Gasteiger partial charge in [0.2, 0.25) is 0 Å². The lowest BCUT2D eigenvalue weighted by molar-refractivity contribution is 0.213. The molecule has 1 aliphatic heterocycles. The second kappa shape index (κ2) is 13.0. The molecule has 2 aromatic rings. The largest absolute Gasteiger partial charge is 0.465 e. The Hall–Kier alpha value is -1.58. The normalized spacial score (nSPS) is 16.7. The third-order valence-electron chi connectivity index (χ3n) is 5.44. The van der Waals surface area contributed by atoms with Crippen LogP contribution in [0, 0.1) is 6.92 Å². The molecule has 3 rings (SSSR count). The van der Waals surface area contributed by atoms with Crippen molar-refractivity contribution in [3.63, 3.8) is 0 Å². The van der Waals surface area contributed by atoms with E-state index in [0.29, 0.717) is 6.54 Å². The van der Waals surface area contributed by atoms with Crippen molar-refractivity contribution in [1.29, 1.82) is 0 Å². The smallest absolute Gasteiger partial charge is 0.191 e. The molecule has 2 unspecified atom stereocenters. The molecule has 2 heterocycles. The maximum Gasteiger partial charge on any atom is 0.191 e. The van der Waals surface area contributed by atoms with E-state index in [1.54, 1.807) is 0 Å². The number of nitrogens with zero attached hydrogens (tertiary/aromatic N) is 2. The van der Waals surface area contributed by atoms with Crippen LogP contribution in [-0.2, 0) is 0 Å². The first kappa shape index (κ1) is 24.7. The van der Waals surface area contributed by atoms with Crippen molar-refractivity contribution < 1.29 is 9.52 Å². The van der Waals surface area contributed by atoms with E-state index in [0.717, 1.165) is 49.2 Å². The minimum absolute atomic E-state index is 0. The van der Waals surface area contributed by atoms with Gasteiger partial charge in [-0.1, -0.05) is 30.3 Å². The van der Waals surface area contributed by atoms with Gasteiger partial charge in [0.1, 0.15) is 11.5 Å². The number of benzene rings is 1. The molecule has 0 spiro atoms. The lowest BCUT2D eigenvalue weighted by Gasteiger charge is -2.27. The average Bonchev–Trinajstić information content (AvgIpc) is 3.42. The van der Waals surface area contributed by atoms with Crippen molar-refractivity contribution in [2.45, 2.75) is 38.6 Å². The molecule has 0 saturated carbocycles. The molecule has 166 valence electrons. The number of hydrogen-bond acceptors (Lipinski definition) is 4. The topological polar surface area (TPSA) is 73.0 Å². The van der Waals surface area contributed by atoms with Crippen molar-refractivity contribution >= 4 is 29.9 Å². The van der Waals surface area contributed by atoms with Gasteiger partial charge in [0.15, 0.2) is 5.96 Å². The summed E-state index contributed by atoms with van der Waals surface area (Å²) < 4.78 is 5.95. The SMILES string of the molecule is CCNC(=NCC(CO)c1ccccc1)NCC(c1ccc(C)o1)N1CCCC1.I. The fourth-order valence-corrected chi connectivity index (χ4v) is 3.83. The molecule has 0 bridgehead atoms. The van der Waals surface area contributed by atoms with Crippen LogP contribution in [0.1, 0.15) is 48.8 Å². The van der Waals surface area contributed by atoms with E-state index in [2.05, 4.69) is 28.5 Å². The molecule has 30 heavy (non-hydrogen) atoms. The summed E-state index contributed by atoms with van der Waals surface area (Å²) in [5.41, 5.74) is 1.11. The van der Waals surface area contributed by atoms with Gasteiger partial charge in [0.05, 0.1) is 19.2 Å². The molecule has 0 amide bonds. The molecule has 3 N–H and O–H groups in total. The molecule has 1 aromatic carbocycles. The summed E-state index contributed by atoms with van der Waals surface area (Å²) in [4.78, 5) is 7.23. The van der Waals surface area contributed by atoms with Gasteiger partial charge in [-0.2, -0.15) is 0 Å². The molecule has 1 fully saturated rings. The minimum Gasteiger partial charge on any atom is -0.465 e. The molecule has 1 aliphatic rings. The molecule has 7 heteroatoms. The van der Waals surface area contributed by atoms with Crippen molar-refractivity contribution in [1.82, 2.24) is 15.5 Å². The van der Waals surface area contributed by atoms with Crippen LogP contribution in [0.4, 0.5) is 0 Å². The van der Waals surface area contributed by atoms with Crippen molar-refractivity contribution in [3.05, 3.63) is 59.5 Å². The van der Waals surface area contributed by atoms with Crippen LogP contribution in [0.15, 0.2) is 51.9 Å². The highest BCUT2D eigenvalue weighted by atomic mass is 127. The minimum atomic E-state index is -0.00578. The number of likely N-dealkylation sites (tertiary alicyclic amines) is 1. The second-order valence-electron chi connectivity index (χ2n) is 7.60. The van der Waals surface area contributed by atoms with E-state index in [1.807, 2.05) is 43.3 Å². The maximum absolute atomic E-state index is 9.81. The average molecular weight is 526 g/mol. The first-order valence-corrected chi connectivity index (χ1v) is 10.7. The Labute approximate surface area is 197 Å². The Bertz CT molecular complexity index is 760. The predicted molar refractivity (Wildman–Crippen MR) is 133 cm³/mol. The van der Waals surface area contributed by atoms with Gasteiger partial charge in [-0.25, -0.2) is 0 Å². The van der Waals surface area contributed by atoms with Crippen LogP contribution < -0.4 is 10.6 Å². The predicted octanol–water partition coefficient (Wildman–Crippen LogP) is 3.67. The summed E-state index contributed by atoms with van der Waals surface area (Å²) in [6, 6.07) is 14.4. The third-order valence-corrected chi connectivity index (χ3v) is 5.44. The lowest BCUT2D eigenvalue weighted by Crippen LogP contribution is -2.42. The molecule has 6 nitrogen and oxygen atoms in total. The number of aliphatic hydroxyl groups is 1. The highest BCUT2D eigenvalue weighted by Gasteiger charge is 2.26. The lowest BCUT2D eigenvalue weighted by atomic mass is 10.0. The van der Waals surface area contributed by atoms with Crippen molar-refractivity contribution in [3.8, 4) is 0 Å². The fraction of sp³-hybridized carbons (Fsp3) is 0.522. The number of rotatable bonds is 9. The molecule has 2 atom stereocenters. The summed E-state index contributed by atoms with van der Waals surface area (Å²) in [5, 5.41) is 16.6. The highest BCUT2D eigenvalue weighted by Crippen LogP contribution is 2.26. The monoisotopic (exact) mass is 526 g/mol. The zero-order chi connectivity index (χ0) is 20.5. The van der Waals surface area contributed by atoms with Crippen molar-refractivity contribution in [2.75, 3.05) is 39.3 Å². The molecule has 1 saturated heterocycles. The second-order valence-corrected chi connectivity index (χ2v) is 7.60. The van der Waals surface area contributed by atoms with Gasteiger partial charge in [0, 0.05) is 19.0 Å². The summed E-state index contributed by atoms with van der Waals surface area (Å²) >= 11 is 0. The van der Waals surface area contributed by atoms with E-state index in [9.17, 15) is 5.11 Å². The Morgan fingerprint density at radius 2 is 1.87 bits per heavy atom. The van der Waals surface area contributed by atoms with E-state index < -0.39 is 0 Å². The first-order valence-electron chi connectivity index (χ1n) is 10.7. The standard InChI is InChI=1S/C23H34N4O2.HI/c1-3-24-23(25-15-20(17-28)19-9-5-4-6-10-19)26-16-21(27-13-7-8-14-27)22-12-11-18(2)29-22;/h4-6,9-12,20-21,28H,3,7-8,13-17H2,1-2H3,(H2,24,25,26);1H. The number of aliphatic imine (C=N–C) groups is 1. The molecule has 0 radical (unpaired) electrons. The van der Waals surface area contributed by atoms with Gasteiger partial charge >= 0.3 is 0 Å². The van der Waals surface area contributed by atoms with Gasteiger partial charge in [0.25, 0.3) is 0 Å². The first-order chi connectivity index (χ1) is 14.2. The van der Waals surface area contributed by atoms with Gasteiger partial charge in [-0.3, -0.25) is 9.89 Å². The number of guanidine groups is 1. The molecule has 1 aromatic heterocycles. The van der Waals surface area contributed by atoms with Gasteiger partial charge < -0.3 is 20.2 Å². The third kappa shape index (κ3) is 6.99. The molecular formula is C23H35IN4O2. The van der Waals surface area contributed by atoms with Crippen LogP contribution in [0.5, 0.6) is 0 Å². The zero-order valence-corrected chi connectivity index (χ0v) is 20.3. The highest BCUT2D eigenvalue weighted by molar-refractivity contribution is 14.0. The molecule has 0 aliphatic carbocycles. The Morgan fingerprint density at radius 1 is 1.13 bits per heavy atom. The van der Waals surface area contributed by atoms with E-state index in [1.165, 1.54) is 12.8 Å². The van der Waals surface area contributed by atoms with Crippen LogP contribution in [0.2, 0.25) is 0 Å². The molecular weight excluding hydrogens is 491 g/mol. The van der Waals surface area contributed by atoms with Crippen LogP contribution >= 0.6 is 24.0 Å². The quantitative estimate of drug-likeness (QED) is 0.264. The van der Waals surface area contributed by atoms with E-state index >= 15 is 0 Å². The number of halogens is 1. The van der Waals surface area contributed by atoms with E-state index in [-0.39, 0.29) is 42.5 Å². The summed E-state index contributed by atoms with van der Waals surface area (Å²) in [6.45, 7) is 8.37. The zero-order valence-electron chi connectivity index (χ0n) is 18.0. The Morgan fingerprint density at radius 3 is 2.47 bits per heavy atom. The summed E-state index contributed by atoms with van der Waals surface area (Å²) in [6.07, 6.45) is 2.47. The summed E-state index contributed by atoms with van der Waals surface area (Å²) in [7, 11) is 0. The summed E-state index contributed by atoms with van der Waals surface area (Å²) in [5.74, 6) is 2.71.